The van der Waals surface area contributed by atoms with Crippen LogP contribution in [0.15, 0.2) is 59.1 Å². The maximum atomic E-state index is 9.15. The van der Waals surface area contributed by atoms with Crippen molar-refractivity contribution in [3.8, 4) is 11.5 Å². The molecule has 3 aromatic rings. The van der Waals surface area contributed by atoms with Crippen molar-refractivity contribution in [1.82, 2.24) is 10.1 Å². The summed E-state index contributed by atoms with van der Waals surface area (Å²) in [6.07, 6.45) is 2.48. The monoisotopic (exact) mass is 464 g/mol. The normalized spacial score (nSPS) is 19.1. The van der Waals surface area contributed by atoms with E-state index in [0.717, 1.165) is 48.9 Å². The van der Waals surface area contributed by atoms with E-state index in [-0.39, 0.29) is 12.0 Å². The highest BCUT2D eigenvalue weighted by molar-refractivity contribution is 5.35. The number of aliphatic hydroxyl groups is 1. The number of hydrogen-bond acceptors (Lipinski definition) is 6. The van der Waals surface area contributed by atoms with Gasteiger partial charge in [-0.2, -0.15) is 0 Å². The highest BCUT2D eigenvalue weighted by Crippen LogP contribution is 2.51. The Hall–Kier alpha value is -2.83. The highest BCUT2D eigenvalue weighted by atomic mass is 16.5. The van der Waals surface area contributed by atoms with Crippen molar-refractivity contribution < 1.29 is 19.1 Å². The first-order valence-corrected chi connectivity index (χ1v) is 12.0. The Labute approximate surface area is 202 Å². The van der Waals surface area contributed by atoms with Gasteiger partial charge in [-0.3, -0.25) is 4.90 Å². The number of hydrogen-bond donors (Lipinski definition) is 1. The fraction of sp³-hybridized carbons (Fsp3) is 0.464. The van der Waals surface area contributed by atoms with Crippen molar-refractivity contribution in [3.63, 3.8) is 0 Å². The molecule has 4 rings (SSSR count). The summed E-state index contributed by atoms with van der Waals surface area (Å²) in [5, 5.41) is 13.4. The standard InChI is InChI=1S/C28H36N2O4/c1-28(2)22(15-23-17-24(13-14-31)34-29-23)16-27(28)30(18-20-9-5-7-11-25(20)32-3)19-21-10-6-8-12-26(21)33-4/h5-12,17,22,27,31H,13-16,18-19H2,1-4H3/t22-,27+/m1/s1. The maximum Gasteiger partial charge on any atom is 0.139 e. The van der Waals surface area contributed by atoms with Crippen molar-refractivity contribution in [2.75, 3.05) is 20.8 Å². The topological polar surface area (TPSA) is 68.0 Å². The van der Waals surface area contributed by atoms with Crippen LogP contribution in [0.5, 0.6) is 11.5 Å². The Bertz CT molecular complexity index is 1030. The number of aromatic nitrogens is 1. The number of rotatable bonds is 11. The second kappa shape index (κ2) is 10.6. The molecule has 1 aromatic heterocycles. The van der Waals surface area contributed by atoms with Crippen LogP contribution in [0.3, 0.4) is 0 Å². The van der Waals surface area contributed by atoms with Crippen molar-refractivity contribution in [1.29, 1.82) is 0 Å². The molecule has 1 heterocycles. The van der Waals surface area contributed by atoms with Crippen molar-refractivity contribution >= 4 is 0 Å². The molecule has 1 aliphatic carbocycles. The SMILES string of the molecule is COc1ccccc1CN(Cc1ccccc1OC)[C@H]1C[C@@H](Cc2cc(CCO)on2)C1(C)C. The Morgan fingerprint density at radius 2 is 1.59 bits per heavy atom. The summed E-state index contributed by atoms with van der Waals surface area (Å²) in [6.45, 7) is 6.39. The molecule has 1 aliphatic rings. The minimum atomic E-state index is 0.0759. The van der Waals surface area contributed by atoms with Gasteiger partial charge in [-0.15, -0.1) is 0 Å². The van der Waals surface area contributed by atoms with Gasteiger partial charge in [0.25, 0.3) is 0 Å². The molecule has 1 saturated carbocycles. The van der Waals surface area contributed by atoms with Crippen molar-refractivity contribution in [2.24, 2.45) is 11.3 Å². The molecule has 0 saturated heterocycles. The quantitative estimate of drug-likeness (QED) is 0.436. The Morgan fingerprint density at radius 1 is 1.00 bits per heavy atom. The van der Waals surface area contributed by atoms with Crippen molar-refractivity contribution in [3.05, 3.63) is 77.2 Å². The minimum absolute atomic E-state index is 0.0759. The van der Waals surface area contributed by atoms with Crippen LogP contribution < -0.4 is 9.47 Å². The summed E-state index contributed by atoms with van der Waals surface area (Å²) in [5.41, 5.74) is 3.44. The Kier molecular flexibility index (Phi) is 7.59. The number of methoxy groups -OCH3 is 2. The molecule has 2 atom stereocenters. The second-order valence-corrected chi connectivity index (χ2v) is 9.76. The van der Waals surface area contributed by atoms with Gasteiger partial charge in [0, 0.05) is 42.7 Å². The summed E-state index contributed by atoms with van der Waals surface area (Å²) in [4.78, 5) is 2.56. The summed E-state index contributed by atoms with van der Waals surface area (Å²) >= 11 is 0. The molecule has 0 amide bonds. The molecule has 1 N–H and O–H groups in total. The Balaban J connectivity index is 1.55. The maximum absolute atomic E-state index is 9.15. The van der Waals surface area contributed by atoms with E-state index < -0.39 is 0 Å². The van der Waals surface area contributed by atoms with Crippen LogP contribution in [-0.2, 0) is 25.9 Å². The first kappa shape index (κ1) is 24.3. The molecule has 34 heavy (non-hydrogen) atoms. The molecule has 0 unspecified atom stereocenters. The van der Waals surface area contributed by atoms with Crippen molar-refractivity contribution in [2.45, 2.75) is 52.2 Å². The van der Waals surface area contributed by atoms with Crippen LogP contribution >= 0.6 is 0 Å². The first-order valence-electron chi connectivity index (χ1n) is 12.0. The zero-order valence-corrected chi connectivity index (χ0v) is 20.7. The Morgan fingerprint density at radius 3 is 2.12 bits per heavy atom. The van der Waals surface area contributed by atoms with Gasteiger partial charge in [-0.1, -0.05) is 55.4 Å². The second-order valence-electron chi connectivity index (χ2n) is 9.76. The van der Waals surface area contributed by atoms with E-state index in [9.17, 15) is 0 Å². The summed E-state index contributed by atoms with van der Waals surface area (Å²) in [7, 11) is 3.46. The van der Waals surface area contributed by atoms with Crippen LogP contribution in [-0.4, -0.2) is 42.0 Å². The molecule has 0 spiro atoms. The predicted molar refractivity (Wildman–Crippen MR) is 132 cm³/mol. The van der Waals surface area contributed by atoms with Gasteiger partial charge in [0.15, 0.2) is 0 Å². The molecule has 0 aliphatic heterocycles. The van der Waals surface area contributed by atoms with Crippen LogP contribution in [0.25, 0.3) is 0 Å². The van der Waals surface area contributed by atoms with E-state index in [1.54, 1.807) is 14.2 Å². The largest absolute Gasteiger partial charge is 0.496 e. The van der Waals surface area contributed by atoms with E-state index in [2.05, 4.69) is 48.2 Å². The number of aliphatic hydroxyl groups excluding tert-OH is 1. The average Bonchev–Trinajstić information content (AvgIpc) is 3.29. The van der Waals surface area contributed by atoms with Gasteiger partial charge in [0.05, 0.1) is 26.5 Å². The third kappa shape index (κ3) is 5.13. The van der Waals surface area contributed by atoms with E-state index in [0.29, 0.717) is 18.4 Å². The van der Waals surface area contributed by atoms with Gasteiger partial charge < -0.3 is 19.1 Å². The molecule has 0 bridgehead atoms. The van der Waals surface area contributed by atoms with Gasteiger partial charge >= 0.3 is 0 Å². The fourth-order valence-electron chi connectivity index (χ4n) is 5.27. The lowest BCUT2D eigenvalue weighted by atomic mass is 9.56. The minimum Gasteiger partial charge on any atom is -0.496 e. The lowest BCUT2D eigenvalue weighted by Gasteiger charge is -2.57. The number of nitrogens with zero attached hydrogens (tertiary/aromatic N) is 2. The molecule has 1 fully saturated rings. The van der Waals surface area contributed by atoms with Crippen LogP contribution in [0.2, 0.25) is 0 Å². The number of ether oxygens (including phenoxy) is 2. The van der Waals surface area contributed by atoms with E-state index in [4.69, 9.17) is 19.1 Å². The lowest BCUT2D eigenvalue weighted by molar-refractivity contribution is -0.0715. The first-order chi connectivity index (χ1) is 16.5. The van der Waals surface area contributed by atoms with Crippen LogP contribution in [0.1, 0.15) is 42.8 Å². The highest BCUT2D eigenvalue weighted by Gasteiger charge is 2.50. The van der Waals surface area contributed by atoms with Crippen LogP contribution in [0.4, 0.5) is 0 Å². The molecular formula is C28H36N2O4. The molecule has 2 aromatic carbocycles. The lowest BCUT2D eigenvalue weighted by Crippen LogP contribution is -2.58. The zero-order chi connectivity index (χ0) is 24.1. The van der Waals surface area contributed by atoms with Crippen LogP contribution in [0, 0.1) is 11.3 Å². The molecular weight excluding hydrogens is 428 g/mol. The van der Waals surface area contributed by atoms with Gasteiger partial charge in [0.1, 0.15) is 17.3 Å². The number of benzene rings is 2. The third-order valence-corrected chi connectivity index (χ3v) is 7.41. The predicted octanol–water partition coefficient (Wildman–Crippen LogP) is 4.89. The molecule has 6 heteroatoms. The van der Waals surface area contributed by atoms with E-state index >= 15 is 0 Å². The van der Waals surface area contributed by atoms with E-state index in [1.165, 1.54) is 11.1 Å². The molecule has 6 nitrogen and oxygen atoms in total. The molecule has 182 valence electrons. The summed E-state index contributed by atoms with van der Waals surface area (Å²) in [6, 6.07) is 18.9. The van der Waals surface area contributed by atoms with Gasteiger partial charge in [-0.25, -0.2) is 0 Å². The fourth-order valence-corrected chi connectivity index (χ4v) is 5.27. The number of para-hydroxylation sites is 2. The van der Waals surface area contributed by atoms with E-state index in [1.807, 2.05) is 30.3 Å². The van der Waals surface area contributed by atoms with Gasteiger partial charge in [0.2, 0.25) is 0 Å². The van der Waals surface area contributed by atoms with Gasteiger partial charge in [-0.05, 0) is 36.3 Å². The smallest absolute Gasteiger partial charge is 0.139 e. The summed E-state index contributed by atoms with van der Waals surface area (Å²) < 4.78 is 16.7. The third-order valence-electron chi connectivity index (χ3n) is 7.41. The zero-order valence-electron chi connectivity index (χ0n) is 20.7. The average molecular weight is 465 g/mol. The summed E-state index contributed by atoms with van der Waals surface area (Å²) in [5.74, 6) is 3.09. The molecule has 0 radical (unpaired) electrons.